The second-order valence-electron chi connectivity index (χ2n) is 3.90. The first-order valence-electron chi connectivity index (χ1n) is 4.79. The Hall–Kier alpha value is -1.26. The molecule has 0 saturated heterocycles. The van der Waals surface area contributed by atoms with Crippen molar-refractivity contribution in [1.29, 1.82) is 0 Å². The van der Waals surface area contributed by atoms with Crippen LogP contribution in [0, 0.1) is 0 Å². The molecule has 0 spiro atoms. The fraction of sp³-hybridized carbons (Fsp3) is 0.600. The van der Waals surface area contributed by atoms with Gasteiger partial charge in [0.15, 0.2) is 0 Å². The second-order valence-corrected chi connectivity index (χ2v) is 3.90. The van der Waals surface area contributed by atoms with Crippen molar-refractivity contribution < 1.29 is 0 Å². The van der Waals surface area contributed by atoms with Crippen molar-refractivity contribution in [3.05, 3.63) is 33.1 Å². The molecule has 0 saturated carbocycles. The summed E-state index contributed by atoms with van der Waals surface area (Å²) in [5.74, 6) is 0. The SMILES string of the molecule is CC(C)n1ccc(=O)n(C(C)C)c1=O.[B]. The van der Waals surface area contributed by atoms with Crippen molar-refractivity contribution in [3.8, 4) is 0 Å². The van der Waals surface area contributed by atoms with Crippen LogP contribution >= 0.6 is 0 Å². The zero-order valence-electron chi connectivity index (χ0n) is 9.60. The van der Waals surface area contributed by atoms with E-state index in [0.29, 0.717) is 0 Å². The molecule has 1 aromatic rings. The molecule has 0 bridgehead atoms. The Kier molecular flexibility index (Phi) is 4.58. The quantitative estimate of drug-likeness (QED) is 0.673. The van der Waals surface area contributed by atoms with Gasteiger partial charge in [-0.25, -0.2) is 4.79 Å². The molecular weight excluding hydrogens is 191 g/mol. The summed E-state index contributed by atoms with van der Waals surface area (Å²) in [5.41, 5.74) is -0.468. The third kappa shape index (κ3) is 2.61. The van der Waals surface area contributed by atoms with Crippen LogP contribution in [0.5, 0.6) is 0 Å². The topological polar surface area (TPSA) is 44.0 Å². The van der Waals surface area contributed by atoms with Crippen molar-refractivity contribution in [2.24, 2.45) is 0 Å². The summed E-state index contributed by atoms with van der Waals surface area (Å²) in [4.78, 5) is 23.2. The Labute approximate surface area is 91.1 Å². The molecule has 0 aliphatic rings. The lowest BCUT2D eigenvalue weighted by Crippen LogP contribution is -2.40. The van der Waals surface area contributed by atoms with E-state index in [0.717, 1.165) is 0 Å². The number of rotatable bonds is 2. The van der Waals surface area contributed by atoms with E-state index in [9.17, 15) is 9.59 Å². The van der Waals surface area contributed by atoms with Crippen molar-refractivity contribution >= 4 is 8.41 Å². The summed E-state index contributed by atoms with van der Waals surface area (Å²) < 4.78 is 2.82. The van der Waals surface area contributed by atoms with Crippen LogP contribution in [0.15, 0.2) is 21.9 Å². The fourth-order valence-corrected chi connectivity index (χ4v) is 1.38. The first-order valence-corrected chi connectivity index (χ1v) is 4.79. The van der Waals surface area contributed by atoms with Crippen LogP contribution in [0.1, 0.15) is 39.8 Å². The average molecular weight is 207 g/mol. The van der Waals surface area contributed by atoms with Gasteiger partial charge in [-0.15, -0.1) is 0 Å². The summed E-state index contributed by atoms with van der Waals surface area (Å²) in [6.07, 6.45) is 1.55. The molecule has 1 heterocycles. The summed E-state index contributed by atoms with van der Waals surface area (Å²) in [6, 6.07) is 1.41. The van der Waals surface area contributed by atoms with E-state index in [1.807, 2.05) is 27.7 Å². The summed E-state index contributed by atoms with van der Waals surface area (Å²) >= 11 is 0. The summed E-state index contributed by atoms with van der Waals surface area (Å²) in [6.45, 7) is 7.48. The second kappa shape index (κ2) is 5.00. The lowest BCUT2D eigenvalue weighted by molar-refractivity contribution is 0.473. The molecule has 3 radical (unpaired) electrons. The van der Waals surface area contributed by atoms with Gasteiger partial charge >= 0.3 is 5.69 Å². The van der Waals surface area contributed by atoms with Gasteiger partial charge in [0.2, 0.25) is 0 Å². The molecule has 0 N–H and O–H groups in total. The molecule has 81 valence electrons. The lowest BCUT2D eigenvalue weighted by atomic mass is 10.3. The van der Waals surface area contributed by atoms with Crippen LogP contribution in [-0.4, -0.2) is 17.5 Å². The minimum Gasteiger partial charge on any atom is -0.298 e. The minimum absolute atomic E-state index is 0. The van der Waals surface area contributed by atoms with E-state index in [1.54, 1.807) is 10.8 Å². The normalized spacial score (nSPS) is 10.5. The fourth-order valence-electron chi connectivity index (χ4n) is 1.38. The Morgan fingerprint density at radius 1 is 1.07 bits per heavy atom. The zero-order valence-corrected chi connectivity index (χ0v) is 9.60. The highest BCUT2D eigenvalue weighted by atomic mass is 16.2. The average Bonchev–Trinajstić information content (AvgIpc) is 2.02. The smallest absolute Gasteiger partial charge is 0.298 e. The molecular formula is C10H16BN2O2. The first-order chi connectivity index (χ1) is 6.45. The Morgan fingerprint density at radius 2 is 1.60 bits per heavy atom. The molecule has 5 heteroatoms. The highest BCUT2D eigenvalue weighted by molar-refractivity contribution is 5.75. The number of hydrogen-bond donors (Lipinski definition) is 0. The predicted molar refractivity (Wildman–Crippen MR) is 61.5 cm³/mol. The third-order valence-corrected chi connectivity index (χ3v) is 2.11. The summed E-state index contributed by atoms with van der Waals surface area (Å²) in [7, 11) is 0. The van der Waals surface area contributed by atoms with Crippen molar-refractivity contribution in [2.75, 3.05) is 0 Å². The standard InChI is InChI=1S/C10H16N2O2.B/c1-7(2)11-6-5-9(13)12(8(3)4)10(11)14;/h5-8H,1-4H3;. The van der Waals surface area contributed by atoms with Crippen molar-refractivity contribution in [1.82, 2.24) is 9.13 Å². The van der Waals surface area contributed by atoms with Gasteiger partial charge in [-0.05, 0) is 27.7 Å². The van der Waals surface area contributed by atoms with Crippen LogP contribution in [0.4, 0.5) is 0 Å². The maximum atomic E-state index is 11.8. The molecule has 0 amide bonds. The third-order valence-electron chi connectivity index (χ3n) is 2.11. The van der Waals surface area contributed by atoms with Crippen LogP contribution in [-0.2, 0) is 0 Å². The van der Waals surface area contributed by atoms with Gasteiger partial charge in [-0.3, -0.25) is 13.9 Å². The molecule has 0 aliphatic carbocycles. The van der Waals surface area contributed by atoms with E-state index in [-0.39, 0.29) is 31.7 Å². The van der Waals surface area contributed by atoms with E-state index < -0.39 is 0 Å². The monoisotopic (exact) mass is 207 g/mol. The van der Waals surface area contributed by atoms with E-state index >= 15 is 0 Å². The van der Waals surface area contributed by atoms with Crippen molar-refractivity contribution in [2.45, 2.75) is 39.8 Å². The minimum atomic E-state index is -0.234. The highest BCUT2D eigenvalue weighted by Crippen LogP contribution is 1.99. The predicted octanol–water partition coefficient (Wildman–Crippen LogP) is 0.791. The Morgan fingerprint density at radius 3 is 2.00 bits per heavy atom. The first kappa shape index (κ1) is 13.7. The molecule has 0 fully saturated rings. The number of nitrogens with zero attached hydrogens (tertiary/aromatic N) is 2. The van der Waals surface area contributed by atoms with E-state index in [2.05, 4.69) is 0 Å². The molecule has 0 atom stereocenters. The van der Waals surface area contributed by atoms with Gasteiger partial charge in [-0.1, -0.05) is 0 Å². The molecule has 1 aromatic heterocycles. The molecule has 0 aromatic carbocycles. The van der Waals surface area contributed by atoms with Crippen LogP contribution in [0.3, 0.4) is 0 Å². The molecule has 0 unspecified atom stereocenters. The molecule has 15 heavy (non-hydrogen) atoms. The number of hydrogen-bond acceptors (Lipinski definition) is 2. The van der Waals surface area contributed by atoms with Crippen LogP contribution < -0.4 is 11.2 Å². The van der Waals surface area contributed by atoms with Gasteiger partial charge in [0.25, 0.3) is 5.56 Å². The Bertz CT molecular complexity index is 432. The lowest BCUT2D eigenvalue weighted by Gasteiger charge is -2.14. The maximum Gasteiger partial charge on any atom is 0.331 e. The molecule has 4 nitrogen and oxygen atoms in total. The van der Waals surface area contributed by atoms with Gasteiger partial charge in [0.05, 0.1) is 0 Å². The molecule has 0 aliphatic heterocycles. The van der Waals surface area contributed by atoms with E-state index in [4.69, 9.17) is 0 Å². The zero-order chi connectivity index (χ0) is 10.9. The number of aromatic nitrogens is 2. The van der Waals surface area contributed by atoms with Crippen LogP contribution in [0.2, 0.25) is 0 Å². The molecule has 1 rings (SSSR count). The van der Waals surface area contributed by atoms with Gasteiger partial charge in [0, 0.05) is 32.8 Å². The summed E-state index contributed by atoms with van der Waals surface area (Å²) in [5, 5.41) is 0. The van der Waals surface area contributed by atoms with Gasteiger partial charge in [0.1, 0.15) is 0 Å². The Balaban J connectivity index is 0.00000196. The van der Waals surface area contributed by atoms with Crippen LogP contribution in [0.25, 0.3) is 0 Å². The highest BCUT2D eigenvalue weighted by Gasteiger charge is 2.09. The largest absolute Gasteiger partial charge is 0.331 e. The van der Waals surface area contributed by atoms with Crippen molar-refractivity contribution in [3.63, 3.8) is 0 Å². The maximum absolute atomic E-state index is 11.8. The van der Waals surface area contributed by atoms with Gasteiger partial charge < -0.3 is 0 Å². The van der Waals surface area contributed by atoms with Gasteiger partial charge in [-0.2, -0.15) is 0 Å². The van der Waals surface area contributed by atoms with E-state index in [1.165, 1.54) is 10.6 Å².